The van der Waals surface area contributed by atoms with Crippen molar-refractivity contribution in [3.63, 3.8) is 0 Å². The van der Waals surface area contributed by atoms with Crippen LogP contribution in [0.25, 0.3) is 0 Å². The van der Waals surface area contributed by atoms with Gasteiger partial charge in [0.15, 0.2) is 0 Å². The van der Waals surface area contributed by atoms with Crippen molar-refractivity contribution in [3.05, 3.63) is 53.1 Å². The molecule has 1 saturated heterocycles. The first-order chi connectivity index (χ1) is 13.2. The molecule has 2 amide bonds. The first kappa shape index (κ1) is 17.3. The smallest absolute Gasteiger partial charge is 0.254 e. The highest BCUT2D eigenvalue weighted by molar-refractivity contribution is 5.94. The van der Waals surface area contributed by atoms with Crippen LogP contribution in [0.1, 0.15) is 46.6 Å². The maximum absolute atomic E-state index is 12.9. The summed E-state index contributed by atoms with van der Waals surface area (Å²) in [6.45, 7) is 3.26. The fourth-order valence-corrected chi connectivity index (χ4v) is 3.74. The summed E-state index contributed by atoms with van der Waals surface area (Å²) in [6.07, 6.45) is 4.19. The minimum absolute atomic E-state index is 0.0441. The summed E-state index contributed by atoms with van der Waals surface area (Å²) in [6, 6.07) is 8.80. The lowest BCUT2D eigenvalue weighted by atomic mass is 10.1. The van der Waals surface area contributed by atoms with Crippen molar-refractivity contribution >= 4 is 11.8 Å². The van der Waals surface area contributed by atoms with Crippen LogP contribution in [0.3, 0.4) is 0 Å². The Labute approximate surface area is 157 Å². The number of amides is 2. The fourth-order valence-electron chi connectivity index (χ4n) is 3.74. The molecule has 1 aromatic heterocycles. The molecule has 2 aliphatic rings. The molecule has 0 N–H and O–H groups in total. The number of fused-ring (bicyclic) bond motifs is 1. The number of likely N-dealkylation sites (tertiary alicyclic amines) is 1. The molecule has 1 fully saturated rings. The summed E-state index contributed by atoms with van der Waals surface area (Å²) in [5.41, 5.74) is 3.01. The lowest BCUT2D eigenvalue weighted by molar-refractivity contribution is -0.128. The SMILES string of the molecule is N#Cc1ccc(C(=O)N2CCCn3cnc(CN4CCCC4=O)c3C2)cc1. The van der Waals surface area contributed by atoms with E-state index in [2.05, 4.69) is 15.6 Å². The molecule has 4 rings (SSSR count). The monoisotopic (exact) mass is 363 g/mol. The van der Waals surface area contributed by atoms with Crippen LogP contribution in [0.15, 0.2) is 30.6 Å². The normalized spacial score (nSPS) is 16.8. The molecule has 27 heavy (non-hydrogen) atoms. The Hall–Kier alpha value is -3.14. The number of imidazole rings is 1. The van der Waals surface area contributed by atoms with E-state index in [4.69, 9.17) is 5.26 Å². The molecule has 0 aliphatic carbocycles. The molecular weight excluding hydrogens is 342 g/mol. The number of aryl methyl sites for hydroxylation is 1. The number of rotatable bonds is 3. The lowest BCUT2D eigenvalue weighted by Crippen LogP contribution is -2.31. The molecule has 2 aromatic rings. The van der Waals surface area contributed by atoms with Gasteiger partial charge in [0.1, 0.15) is 0 Å². The van der Waals surface area contributed by atoms with Gasteiger partial charge in [-0.3, -0.25) is 9.59 Å². The van der Waals surface area contributed by atoms with Gasteiger partial charge in [-0.05, 0) is 37.1 Å². The van der Waals surface area contributed by atoms with Gasteiger partial charge in [0.25, 0.3) is 5.91 Å². The maximum Gasteiger partial charge on any atom is 0.254 e. The minimum Gasteiger partial charge on any atom is -0.337 e. The average Bonchev–Trinajstić information content (AvgIpc) is 3.20. The number of carbonyl (C=O) groups is 2. The Balaban J connectivity index is 1.54. The average molecular weight is 363 g/mol. The van der Waals surface area contributed by atoms with E-state index in [1.54, 1.807) is 24.3 Å². The van der Waals surface area contributed by atoms with E-state index in [1.807, 2.05) is 16.1 Å². The minimum atomic E-state index is -0.0441. The molecule has 3 heterocycles. The zero-order chi connectivity index (χ0) is 18.8. The van der Waals surface area contributed by atoms with Gasteiger partial charge in [0.05, 0.1) is 42.4 Å². The van der Waals surface area contributed by atoms with E-state index < -0.39 is 0 Å². The van der Waals surface area contributed by atoms with Crippen LogP contribution >= 0.6 is 0 Å². The van der Waals surface area contributed by atoms with E-state index in [-0.39, 0.29) is 11.8 Å². The standard InChI is InChI=1S/C20H21N5O2/c21-11-15-4-6-16(7-5-15)20(27)24-9-2-10-25-14-22-17(18(25)13-24)12-23-8-1-3-19(23)26/h4-7,14H,1-3,8-10,12-13H2. The zero-order valence-electron chi connectivity index (χ0n) is 15.1. The largest absolute Gasteiger partial charge is 0.337 e. The third-order valence-electron chi connectivity index (χ3n) is 5.26. The molecular formula is C20H21N5O2. The number of nitrogens with zero attached hydrogens (tertiary/aromatic N) is 5. The Morgan fingerprint density at radius 3 is 2.67 bits per heavy atom. The fraction of sp³-hybridized carbons (Fsp3) is 0.400. The first-order valence-corrected chi connectivity index (χ1v) is 9.26. The van der Waals surface area contributed by atoms with Crippen LogP contribution in [0, 0.1) is 11.3 Å². The number of nitriles is 1. The second-order valence-corrected chi connectivity index (χ2v) is 7.02. The molecule has 0 spiro atoms. The Kier molecular flexibility index (Phi) is 4.63. The number of hydrogen-bond donors (Lipinski definition) is 0. The second kappa shape index (κ2) is 7.23. The third-order valence-corrected chi connectivity index (χ3v) is 5.26. The molecule has 0 atom stereocenters. The number of benzene rings is 1. The number of hydrogen-bond acceptors (Lipinski definition) is 4. The highest BCUT2D eigenvalue weighted by atomic mass is 16.2. The van der Waals surface area contributed by atoms with Gasteiger partial charge >= 0.3 is 0 Å². The van der Waals surface area contributed by atoms with E-state index in [0.29, 0.717) is 37.2 Å². The van der Waals surface area contributed by atoms with E-state index in [1.165, 1.54) is 0 Å². The molecule has 138 valence electrons. The summed E-state index contributed by atoms with van der Waals surface area (Å²) >= 11 is 0. The summed E-state index contributed by atoms with van der Waals surface area (Å²) in [7, 11) is 0. The van der Waals surface area contributed by atoms with Gasteiger partial charge in [-0.25, -0.2) is 4.98 Å². The van der Waals surface area contributed by atoms with Gasteiger partial charge in [-0.1, -0.05) is 0 Å². The molecule has 1 aromatic carbocycles. The van der Waals surface area contributed by atoms with Gasteiger partial charge in [-0.2, -0.15) is 5.26 Å². The first-order valence-electron chi connectivity index (χ1n) is 9.26. The van der Waals surface area contributed by atoms with Crippen molar-refractivity contribution in [1.29, 1.82) is 5.26 Å². The van der Waals surface area contributed by atoms with Crippen molar-refractivity contribution in [2.75, 3.05) is 13.1 Å². The van der Waals surface area contributed by atoms with Gasteiger partial charge in [0, 0.05) is 31.6 Å². The van der Waals surface area contributed by atoms with Crippen LogP contribution < -0.4 is 0 Å². The van der Waals surface area contributed by atoms with E-state index >= 15 is 0 Å². The third kappa shape index (κ3) is 3.43. The van der Waals surface area contributed by atoms with Crippen molar-refractivity contribution in [1.82, 2.24) is 19.4 Å². The van der Waals surface area contributed by atoms with Crippen LogP contribution in [0.2, 0.25) is 0 Å². The number of carbonyl (C=O) groups excluding carboxylic acids is 2. The molecule has 7 heteroatoms. The van der Waals surface area contributed by atoms with E-state index in [9.17, 15) is 9.59 Å². The predicted molar refractivity (Wildman–Crippen MR) is 97.4 cm³/mol. The highest BCUT2D eigenvalue weighted by Crippen LogP contribution is 2.21. The van der Waals surface area contributed by atoms with Crippen molar-refractivity contribution in [3.8, 4) is 6.07 Å². The van der Waals surface area contributed by atoms with Crippen molar-refractivity contribution < 1.29 is 9.59 Å². The molecule has 0 radical (unpaired) electrons. The zero-order valence-corrected chi connectivity index (χ0v) is 15.1. The molecule has 2 aliphatic heterocycles. The molecule has 0 bridgehead atoms. The Morgan fingerprint density at radius 1 is 1.15 bits per heavy atom. The summed E-state index contributed by atoms with van der Waals surface area (Å²) in [5.74, 6) is 0.133. The molecule has 0 unspecified atom stereocenters. The Morgan fingerprint density at radius 2 is 1.96 bits per heavy atom. The summed E-state index contributed by atoms with van der Waals surface area (Å²) < 4.78 is 2.10. The summed E-state index contributed by atoms with van der Waals surface area (Å²) in [4.78, 5) is 33.1. The molecule has 0 saturated carbocycles. The van der Waals surface area contributed by atoms with Crippen molar-refractivity contribution in [2.24, 2.45) is 0 Å². The van der Waals surface area contributed by atoms with E-state index in [0.717, 1.165) is 37.3 Å². The van der Waals surface area contributed by atoms with Crippen molar-refractivity contribution in [2.45, 2.75) is 38.9 Å². The topological polar surface area (TPSA) is 82.2 Å². The van der Waals surface area contributed by atoms with Gasteiger partial charge < -0.3 is 14.4 Å². The van der Waals surface area contributed by atoms with Gasteiger partial charge in [0.2, 0.25) is 5.91 Å². The van der Waals surface area contributed by atoms with Crippen LogP contribution in [-0.2, 0) is 24.4 Å². The second-order valence-electron chi connectivity index (χ2n) is 7.02. The molecule has 7 nitrogen and oxygen atoms in total. The van der Waals surface area contributed by atoms with Gasteiger partial charge in [-0.15, -0.1) is 0 Å². The highest BCUT2D eigenvalue weighted by Gasteiger charge is 2.26. The summed E-state index contributed by atoms with van der Waals surface area (Å²) in [5, 5.41) is 8.92. The Bertz CT molecular complexity index is 909. The lowest BCUT2D eigenvalue weighted by Gasteiger charge is -2.21. The quantitative estimate of drug-likeness (QED) is 0.834. The maximum atomic E-state index is 12.9. The van der Waals surface area contributed by atoms with Crippen LogP contribution in [0.4, 0.5) is 0 Å². The number of aromatic nitrogens is 2. The predicted octanol–water partition coefficient (Wildman–Crippen LogP) is 1.92. The van der Waals surface area contributed by atoms with Crippen LogP contribution in [0.5, 0.6) is 0 Å². The van der Waals surface area contributed by atoms with Crippen LogP contribution in [-0.4, -0.2) is 44.3 Å².